The number of rotatable bonds is 4. The lowest BCUT2D eigenvalue weighted by atomic mass is 10.2. The predicted octanol–water partition coefficient (Wildman–Crippen LogP) is 2.15. The van der Waals surface area contributed by atoms with Crippen molar-refractivity contribution in [2.75, 3.05) is 11.9 Å². The van der Waals surface area contributed by atoms with Gasteiger partial charge in [0, 0.05) is 31.0 Å². The number of aromatic nitrogens is 1. The number of carbonyl (C=O) groups excluding carboxylic acids is 3. The minimum atomic E-state index is -0.461. The van der Waals surface area contributed by atoms with Crippen molar-refractivity contribution in [3.05, 3.63) is 59.2 Å². The van der Waals surface area contributed by atoms with Crippen LogP contribution >= 0.6 is 0 Å². The topological polar surface area (TPSA) is 79.4 Å². The van der Waals surface area contributed by atoms with Crippen molar-refractivity contribution in [2.24, 2.45) is 0 Å². The van der Waals surface area contributed by atoms with Crippen LogP contribution in [0.25, 0.3) is 0 Å². The zero-order chi connectivity index (χ0) is 17.3. The van der Waals surface area contributed by atoms with Gasteiger partial charge in [-0.2, -0.15) is 0 Å². The first kappa shape index (κ1) is 15.8. The summed E-state index contributed by atoms with van der Waals surface area (Å²) in [5, 5.41) is 2.54. The monoisotopic (exact) mass is 327 g/mol. The molecule has 1 aromatic heterocycles. The molecule has 3 rings (SSSR count). The number of nitrogens with one attached hydrogen (secondary N) is 1. The molecule has 2 heterocycles. The maximum Gasteiger partial charge on any atom is 0.263 e. The molecular weight excluding hydrogens is 313 g/mol. The molecule has 0 unspecified atom stereocenters. The van der Waals surface area contributed by atoms with E-state index in [0.717, 1.165) is 4.90 Å². The van der Waals surface area contributed by atoms with Crippen molar-refractivity contribution in [3.8, 4) is 0 Å². The van der Waals surface area contributed by atoms with Gasteiger partial charge in [0.2, 0.25) is 5.91 Å². The summed E-state index contributed by atoms with van der Waals surface area (Å²) in [5.74, 6) is -1.72. The normalized spacial score (nSPS) is 13.2. The van der Waals surface area contributed by atoms with Crippen LogP contribution in [0.2, 0.25) is 0 Å². The molecule has 2 aromatic rings. The van der Waals surface area contributed by atoms with Crippen molar-refractivity contribution >= 4 is 23.4 Å². The fraction of sp³-hybridized carbons (Fsp3) is 0.176. The average molecular weight is 327 g/mol. The summed E-state index contributed by atoms with van der Waals surface area (Å²) in [7, 11) is 0. The van der Waals surface area contributed by atoms with Crippen LogP contribution in [0.1, 0.15) is 32.7 Å². The molecule has 7 heteroatoms. The third-order valence-electron chi connectivity index (χ3n) is 3.79. The van der Waals surface area contributed by atoms with E-state index in [2.05, 4.69) is 10.3 Å². The van der Waals surface area contributed by atoms with E-state index in [0.29, 0.717) is 11.3 Å². The number of hydrogen-bond donors (Lipinski definition) is 1. The second-order valence-corrected chi connectivity index (χ2v) is 5.45. The second-order valence-electron chi connectivity index (χ2n) is 5.45. The highest BCUT2D eigenvalue weighted by molar-refractivity contribution is 6.21. The first-order valence-electron chi connectivity index (χ1n) is 7.33. The van der Waals surface area contributed by atoms with Crippen LogP contribution < -0.4 is 5.32 Å². The van der Waals surface area contributed by atoms with Gasteiger partial charge in [-0.05, 0) is 30.7 Å². The van der Waals surface area contributed by atoms with Gasteiger partial charge < -0.3 is 5.32 Å². The lowest BCUT2D eigenvalue weighted by Crippen LogP contribution is -2.32. The molecule has 1 aliphatic heterocycles. The Labute approximate surface area is 137 Å². The SMILES string of the molecule is Cc1ccc(NC(=O)CCN2C(=O)c3ccncc3C2=O)cc1F. The molecule has 0 aliphatic carbocycles. The standard InChI is InChI=1S/C17H14FN3O3/c1-10-2-3-11(8-14(10)18)20-15(22)5-7-21-16(23)12-4-6-19-9-13(12)17(21)24/h2-4,6,8-9H,5,7H2,1H3,(H,20,22). The lowest BCUT2D eigenvalue weighted by molar-refractivity contribution is -0.116. The molecule has 0 saturated heterocycles. The fourth-order valence-corrected chi connectivity index (χ4v) is 2.44. The predicted molar refractivity (Wildman–Crippen MR) is 84.0 cm³/mol. The van der Waals surface area contributed by atoms with E-state index in [1.807, 2.05) is 0 Å². The van der Waals surface area contributed by atoms with Gasteiger partial charge in [0.15, 0.2) is 0 Å². The number of anilines is 1. The van der Waals surface area contributed by atoms with Crippen molar-refractivity contribution in [1.82, 2.24) is 9.88 Å². The highest BCUT2D eigenvalue weighted by Crippen LogP contribution is 2.21. The molecule has 3 amide bonds. The van der Waals surface area contributed by atoms with E-state index in [1.54, 1.807) is 19.1 Å². The molecule has 122 valence electrons. The third kappa shape index (κ3) is 2.88. The van der Waals surface area contributed by atoms with E-state index >= 15 is 0 Å². The van der Waals surface area contributed by atoms with Crippen LogP contribution in [0, 0.1) is 12.7 Å². The molecule has 0 saturated carbocycles. The summed E-state index contributed by atoms with van der Waals surface area (Å²) in [6.07, 6.45) is 2.70. The molecule has 0 radical (unpaired) electrons. The van der Waals surface area contributed by atoms with Gasteiger partial charge in [-0.1, -0.05) is 6.07 Å². The Hall–Kier alpha value is -3.09. The molecule has 0 atom stereocenters. The second kappa shape index (κ2) is 6.19. The first-order valence-corrected chi connectivity index (χ1v) is 7.33. The summed E-state index contributed by atoms with van der Waals surface area (Å²) in [6.45, 7) is 1.57. The van der Waals surface area contributed by atoms with E-state index in [-0.39, 0.29) is 24.1 Å². The van der Waals surface area contributed by atoms with Gasteiger partial charge in [-0.25, -0.2) is 4.39 Å². The molecule has 1 aliphatic rings. The number of halogens is 1. The molecule has 0 bridgehead atoms. The average Bonchev–Trinajstić information content (AvgIpc) is 2.81. The molecular formula is C17H14FN3O3. The highest BCUT2D eigenvalue weighted by atomic mass is 19.1. The van der Waals surface area contributed by atoms with Crippen LogP contribution in [-0.4, -0.2) is 34.2 Å². The minimum absolute atomic E-state index is 0.0491. The van der Waals surface area contributed by atoms with Gasteiger partial charge >= 0.3 is 0 Å². The Bertz CT molecular complexity index is 816. The van der Waals surface area contributed by atoms with Crippen molar-refractivity contribution in [2.45, 2.75) is 13.3 Å². The Morgan fingerprint density at radius 3 is 2.67 bits per heavy atom. The molecule has 1 N–H and O–H groups in total. The molecule has 0 fully saturated rings. The largest absolute Gasteiger partial charge is 0.326 e. The number of aryl methyl sites for hydroxylation is 1. The Kier molecular flexibility index (Phi) is 4.07. The van der Waals surface area contributed by atoms with Crippen LogP contribution in [0.4, 0.5) is 10.1 Å². The number of amides is 3. The van der Waals surface area contributed by atoms with Crippen LogP contribution in [0.5, 0.6) is 0 Å². The van der Waals surface area contributed by atoms with Crippen LogP contribution in [0.3, 0.4) is 0 Å². The Morgan fingerprint density at radius 2 is 1.96 bits per heavy atom. The van der Waals surface area contributed by atoms with E-state index in [1.165, 1.54) is 24.5 Å². The van der Waals surface area contributed by atoms with Crippen LogP contribution in [-0.2, 0) is 4.79 Å². The van der Waals surface area contributed by atoms with Gasteiger partial charge in [-0.3, -0.25) is 24.3 Å². The zero-order valence-corrected chi connectivity index (χ0v) is 12.9. The van der Waals surface area contributed by atoms with Gasteiger partial charge in [0.05, 0.1) is 11.1 Å². The van der Waals surface area contributed by atoms with E-state index in [9.17, 15) is 18.8 Å². The zero-order valence-electron chi connectivity index (χ0n) is 12.9. The van der Waals surface area contributed by atoms with E-state index in [4.69, 9.17) is 0 Å². The Balaban J connectivity index is 1.62. The molecule has 0 spiro atoms. The first-order chi connectivity index (χ1) is 11.5. The Morgan fingerprint density at radius 1 is 1.21 bits per heavy atom. The quantitative estimate of drug-likeness (QED) is 0.873. The van der Waals surface area contributed by atoms with E-state index < -0.39 is 23.5 Å². The molecule has 6 nitrogen and oxygen atoms in total. The number of hydrogen-bond acceptors (Lipinski definition) is 4. The summed E-state index contributed by atoms with van der Waals surface area (Å²) < 4.78 is 13.5. The summed E-state index contributed by atoms with van der Waals surface area (Å²) >= 11 is 0. The molecule has 24 heavy (non-hydrogen) atoms. The lowest BCUT2D eigenvalue weighted by Gasteiger charge is -2.13. The van der Waals surface area contributed by atoms with Crippen molar-refractivity contribution in [1.29, 1.82) is 0 Å². The number of pyridine rings is 1. The number of fused-ring (bicyclic) bond motifs is 1. The summed E-state index contributed by atoms with van der Waals surface area (Å²) in [6, 6.07) is 5.84. The molecule has 1 aromatic carbocycles. The maximum atomic E-state index is 13.5. The number of benzene rings is 1. The number of nitrogens with zero attached hydrogens (tertiary/aromatic N) is 2. The van der Waals surface area contributed by atoms with Gasteiger partial charge in [0.1, 0.15) is 5.82 Å². The fourth-order valence-electron chi connectivity index (χ4n) is 2.44. The van der Waals surface area contributed by atoms with Crippen molar-refractivity contribution < 1.29 is 18.8 Å². The van der Waals surface area contributed by atoms with Crippen molar-refractivity contribution in [3.63, 3.8) is 0 Å². The number of carbonyl (C=O) groups is 3. The van der Waals surface area contributed by atoms with Gasteiger partial charge in [-0.15, -0.1) is 0 Å². The highest BCUT2D eigenvalue weighted by Gasteiger charge is 2.35. The summed E-state index contributed by atoms with van der Waals surface area (Å²) in [5.41, 5.74) is 1.34. The third-order valence-corrected chi connectivity index (χ3v) is 3.79. The smallest absolute Gasteiger partial charge is 0.263 e. The summed E-state index contributed by atoms with van der Waals surface area (Å²) in [4.78, 5) is 41.1. The maximum absolute atomic E-state index is 13.5. The van der Waals surface area contributed by atoms with Crippen LogP contribution in [0.15, 0.2) is 36.7 Å². The number of imide groups is 1. The van der Waals surface area contributed by atoms with Gasteiger partial charge in [0.25, 0.3) is 11.8 Å². The minimum Gasteiger partial charge on any atom is -0.326 e.